The Hall–Kier alpha value is -1.66. The fourth-order valence-electron chi connectivity index (χ4n) is 1.51. The summed E-state index contributed by atoms with van der Waals surface area (Å²) in [5.74, 6) is -0.569. The number of halogens is 3. The smallest absolute Gasteiger partial charge is 0.391 e. The second-order valence-corrected chi connectivity index (χ2v) is 3.96. The highest BCUT2D eigenvalue weighted by molar-refractivity contribution is 5.93. The number of amides is 1. The van der Waals surface area contributed by atoms with Crippen molar-refractivity contribution in [3.05, 3.63) is 18.0 Å². The molecule has 3 N–H and O–H groups in total. The van der Waals surface area contributed by atoms with Crippen LogP contribution in [0.25, 0.3) is 0 Å². The summed E-state index contributed by atoms with van der Waals surface area (Å²) >= 11 is 0. The third-order valence-electron chi connectivity index (χ3n) is 2.17. The van der Waals surface area contributed by atoms with Crippen LogP contribution in [0.4, 0.5) is 18.9 Å². The number of nitrogens with zero attached hydrogens (tertiary/aromatic N) is 1. The Labute approximate surface area is 96.6 Å². The maximum Gasteiger partial charge on any atom is 0.391 e. The van der Waals surface area contributed by atoms with E-state index in [1.165, 1.54) is 23.8 Å². The third-order valence-corrected chi connectivity index (χ3v) is 2.17. The lowest BCUT2D eigenvalue weighted by molar-refractivity contribution is -0.138. The van der Waals surface area contributed by atoms with Gasteiger partial charge in [-0.2, -0.15) is 13.2 Å². The summed E-state index contributed by atoms with van der Waals surface area (Å²) in [5, 5.41) is 2.27. The number of nitrogens with one attached hydrogen (secondary N) is 1. The van der Waals surface area contributed by atoms with Crippen LogP contribution in [0.1, 0.15) is 23.8 Å². The molecule has 1 unspecified atom stereocenters. The lowest BCUT2D eigenvalue weighted by Gasteiger charge is -2.15. The van der Waals surface area contributed by atoms with Crippen LogP contribution in [0.15, 0.2) is 12.3 Å². The Morgan fingerprint density at radius 2 is 2.18 bits per heavy atom. The molecule has 7 heteroatoms. The van der Waals surface area contributed by atoms with Gasteiger partial charge in [-0.05, 0) is 13.0 Å². The normalized spacial score (nSPS) is 13.5. The molecule has 4 nitrogen and oxygen atoms in total. The van der Waals surface area contributed by atoms with E-state index in [1.54, 1.807) is 7.05 Å². The van der Waals surface area contributed by atoms with Gasteiger partial charge in [0.15, 0.2) is 0 Å². The van der Waals surface area contributed by atoms with Crippen molar-refractivity contribution in [2.24, 2.45) is 7.05 Å². The second kappa shape index (κ2) is 4.68. The van der Waals surface area contributed by atoms with E-state index in [2.05, 4.69) is 5.32 Å². The molecule has 0 aliphatic carbocycles. The third kappa shape index (κ3) is 4.01. The Kier molecular flexibility index (Phi) is 3.69. The molecule has 96 valence electrons. The van der Waals surface area contributed by atoms with E-state index < -0.39 is 24.5 Å². The van der Waals surface area contributed by atoms with Crippen LogP contribution in [0.3, 0.4) is 0 Å². The van der Waals surface area contributed by atoms with Gasteiger partial charge in [-0.15, -0.1) is 0 Å². The van der Waals surface area contributed by atoms with Gasteiger partial charge in [0.05, 0.1) is 12.1 Å². The molecule has 0 spiro atoms. The summed E-state index contributed by atoms with van der Waals surface area (Å²) in [6.45, 7) is 1.30. The minimum Gasteiger partial charge on any atom is -0.397 e. The van der Waals surface area contributed by atoms with Gasteiger partial charge in [-0.3, -0.25) is 4.79 Å². The molecular weight excluding hydrogens is 235 g/mol. The van der Waals surface area contributed by atoms with Crippen molar-refractivity contribution in [2.45, 2.75) is 25.6 Å². The largest absolute Gasteiger partial charge is 0.397 e. The number of rotatable bonds is 3. The molecule has 1 heterocycles. The van der Waals surface area contributed by atoms with Crippen molar-refractivity contribution in [3.63, 3.8) is 0 Å². The first-order valence-corrected chi connectivity index (χ1v) is 4.98. The number of anilines is 1. The quantitative estimate of drug-likeness (QED) is 0.856. The minimum atomic E-state index is -4.29. The predicted molar refractivity (Wildman–Crippen MR) is 57.4 cm³/mol. The predicted octanol–water partition coefficient (Wildman–Crippen LogP) is 1.68. The van der Waals surface area contributed by atoms with Crippen LogP contribution in [0.2, 0.25) is 0 Å². The summed E-state index contributed by atoms with van der Waals surface area (Å²) in [5.41, 5.74) is 6.09. The van der Waals surface area contributed by atoms with Crippen LogP contribution < -0.4 is 11.1 Å². The number of carbonyl (C=O) groups is 1. The number of nitrogen functional groups attached to an aromatic ring is 1. The van der Waals surface area contributed by atoms with Crippen molar-refractivity contribution in [1.29, 1.82) is 0 Å². The topological polar surface area (TPSA) is 60.1 Å². The number of alkyl halides is 3. The van der Waals surface area contributed by atoms with E-state index in [4.69, 9.17) is 5.73 Å². The minimum absolute atomic E-state index is 0.233. The highest BCUT2D eigenvalue weighted by Gasteiger charge is 2.30. The average molecular weight is 249 g/mol. The maximum absolute atomic E-state index is 12.1. The van der Waals surface area contributed by atoms with Gasteiger partial charge >= 0.3 is 6.18 Å². The first-order chi connectivity index (χ1) is 7.69. The zero-order chi connectivity index (χ0) is 13.2. The standard InChI is InChI=1S/C10H14F3N3O/c1-6(4-10(11,12)13)15-9(17)8-3-7(14)5-16(8)2/h3,5-6H,4,14H2,1-2H3,(H,15,17). The summed E-state index contributed by atoms with van der Waals surface area (Å²) in [4.78, 5) is 11.6. The van der Waals surface area contributed by atoms with Crippen molar-refractivity contribution >= 4 is 11.6 Å². The number of hydrogen-bond acceptors (Lipinski definition) is 2. The fraction of sp³-hybridized carbons (Fsp3) is 0.500. The Morgan fingerprint density at radius 3 is 2.59 bits per heavy atom. The van der Waals surface area contributed by atoms with E-state index in [9.17, 15) is 18.0 Å². The first-order valence-electron chi connectivity index (χ1n) is 4.98. The van der Waals surface area contributed by atoms with Crippen molar-refractivity contribution < 1.29 is 18.0 Å². The maximum atomic E-state index is 12.1. The van der Waals surface area contributed by atoms with Crippen LogP contribution in [-0.4, -0.2) is 22.7 Å². The first kappa shape index (κ1) is 13.4. The highest BCUT2D eigenvalue weighted by Crippen LogP contribution is 2.21. The Morgan fingerprint density at radius 1 is 1.59 bits per heavy atom. The molecular formula is C10H14F3N3O. The zero-order valence-corrected chi connectivity index (χ0v) is 9.51. The molecule has 1 rings (SSSR count). The van der Waals surface area contributed by atoms with Gasteiger partial charge in [0.2, 0.25) is 0 Å². The van der Waals surface area contributed by atoms with Gasteiger partial charge in [0.25, 0.3) is 5.91 Å². The fourth-order valence-corrected chi connectivity index (χ4v) is 1.51. The molecule has 1 amide bonds. The second-order valence-electron chi connectivity index (χ2n) is 3.96. The monoisotopic (exact) mass is 249 g/mol. The van der Waals surface area contributed by atoms with Crippen molar-refractivity contribution in [1.82, 2.24) is 9.88 Å². The average Bonchev–Trinajstić information content (AvgIpc) is 2.41. The molecule has 1 aromatic heterocycles. The van der Waals surface area contributed by atoms with Crippen molar-refractivity contribution in [3.8, 4) is 0 Å². The number of aryl methyl sites for hydroxylation is 1. The molecule has 17 heavy (non-hydrogen) atoms. The number of carbonyl (C=O) groups excluding carboxylic acids is 1. The Balaban J connectivity index is 2.64. The molecule has 1 aromatic rings. The molecule has 0 radical (unpaired) electrons. The molecule has 0 aliphatic rings. The van der Waals surface area contributed by atoms with E-state index in [0.29, 0.717) is 5.69 Å². The van der Waals surface area contributed by atoms with Gasteiger partial charge in [0, 0.05) is 19.3 Å². The molecule has 0 saturated heterocycles. The summed E-state index contributed by atoms with van der Waals surface area (Å²) in [6.07, 6.45) is -3.83. The zero-order valence-electron chi connectivity index (χ0n) is 9.51. The number of aromatic nitrogens is 1. The Bertz CT molecular complexity index is 411. The van der Waals surface area contributed by atoms with E-state index >= 15 is 0 Å². The van der Waals surface area contributed by atoms with Gasteiger partial charge in [-0.1, -0.05) is 0 Å². The highest BCUT2D eigenvalue weighted by atomic mass is 19.4. The van der Waals surface area contributed by atoms with Gasteiger partial charge < -0.3 is 15.6 Å². The summed E-state index contributed by atoms with van der Waals surface area (Å²) < 4.78 is 37.7. The molecule has 0 fully saturated rings. The molecule has 0 aromatic carbocycles. The SMILES string of the molecule is CC(CC(F)(F)F)NC(=O)c1cc(N)cn1C. The number of nitrogens with two attached hydrogens (primary N) is 1. The lowest BCUT2D eigenvalue weighted by atomic mass is 10.2. The summed E-state index contributed by atoms with van der Waals surface area (Å²) in [7, 11) is 1.60. The van der Waals surface area contributed by atoms with Crippen LogP contribution >= 0.6 is 0 Å². The molecule has 0 saturated carbocycles. The van der Waals surface area contributed by atoms with Crippen molar-refractivity contribution in [2.75, 3.05) is 5.73 Å². The van der Waals surface area contributed by atoms with E-state index in [-0.39, 0.29) is 5.69 Å². The van der Waals surface area contributed by atoms with Gasteiger partial charge in [0.1, 0.15) is 5.69 Å². The molecule has 0 aliphatic heterocycles. The van der Waals surface area contributed by atoms with E-state index in [1.807, 2.05) is 0 Å². The lowest BCUT2D eigenvalue weighted by Crippen LogP contribution is -2.36. The van der Waals surface area contributed by atoms with Gasteiger partial charge in [-0.25, -0.2) is 0 Å². The van der Waals surface area contributed by atoms with Crippen LogP contribution in [-0.2, 0) is 7.05 Å². The molecule has 1 atom stereocenters. The number of hydrogen-bond donors (Lipinski definition) is 2. The van der Waals surface area contributed by atoms with E-state index in [0.717, 1.165) is 0 Å². The molecule has 0 bridgehead atoms. The van der Waals surface area contributed by atoms with Crippen LogP contribution in [0.5, 0.6) is 0 Å². The summed E-state index contributed by atoms with van der Waals surface area (Å²) in [6, 6.07) is 0.439. The van der Waals surface area contributed by atoms with Crippen LogP contribution in [0, 0.1) is 0 Å².